The average Bonchev–Trinajstić information content (AvgIpc) is 3.30. The van der Waals surface area contributed by atoms with Crippen LogP contribution in [0.25, 0.3) is 5.69 Å². The molecule has 0 aliphatic rings. The molecular weight excluding hydrogens is 505 g/mol. The van der Waals surface area contributed by atoms with Crippen LogP contribution in [0.1, 0.15) is 16.7 Å². The fourth-order valence-electron chi connectivity index (χ4n) is 3.05. The van der Waals surface area contributed by atoms with Gasteiger partial charge in [0.2, 0.25) is 0 Å². The minimum absolute atomic E-state index is 0. The van der Waals surface area contributed by atoms with E-state index in [4.69, 9.17) is 9.47 Å². The van der Waals surface area contributed by atoms with E-state index in [0.29, 0.717) is 32.3 Å². The highest BCUT2D eigenvalue weighted by Crippen LogP contribution is 2.20. The van der Waals surface area contributed by atoms with Gasteiger partial charge in [-0.15, -0.1) is 24.0 Å². The monoisotopic (exact) mass is 535 g/mol. The van der Waals surface area contributed by atoms with Crippen molar-refractivity contribution in [2.75, 3.05) is 27.4 Å². The highest BCUT2D eigenvalue weighted by Gasteiger charge is 2.08. The van der Waals surface area contributed by atoms with Crippen LogP contribution in [0.5, 0.6) is 5.75 Å². The second kappa shape index (κ2) is 13.0. The molecule has 0 saturated heterocycles. The van der Waals surface area contributed by atoms with Gasteiger partial charge in [-0.1, -0.05) is 30.3 Å². The van der Waals surface area contributed by atoms with Gasteiger partial charge in [-0.25, -0.2) is 4.68 Å². The maximum Gasteiger partial charge on any atom is 0.191 e. The van der Waals surface area contributed by atoms with Gasteiger partial charge in [0.15, 0.2) is 5.96 Å². The van der Waals surface area contributed by atoms with Gasteiger partial charge >= 0.3 is 0 Å². The van der Waals surface area contributed by atoms with Crippen molar-refractivity contribution >= 4 is 29.9 Å². The summed E-state index contributed by atoms with van der Waals surface area (Å²) in [5.74, 6) is 1.58. The van der Waals surface area contributed by atoms with Crippen molar-refractivity contribution in [3.05, 3.63) is 77.6 Å². The van der Waals surface area contributed by atoms with Gasteiger partial charge < -0.3 is 20.1 Å². The summed E-state index contributed by atoms with van der Waals surface area (Å²) in [6.45, 7) is 4.35. The molecule has 0 amide bonds. The first-order valence-corrected chi connectivity index (χ1v) is 9.95. The molecule has 166 valence electrons. The number of hydrogen-bond donors (Lipinski definition) is 2. The Labute approximate surface area is 200 Å². The van der Waals surface area contributed by atoms with Crippen LogP contribution in [0, 0.1) is 6.92 Å². The first-order chi connectivity index (χ1) is 14.7. The van der Waals surface area contributed by atoms with E-state index in [1.54, 1.807) is 20.4 Å². The highest BCUT2D eigenvalue weighted by molar-refractivity contribution is 14.0. The van der Waals surface area contributed by atoms with Crippen LogP contribution in [-0.2, 0) is 17.8 Å². The second-order valence-electron chi connectivity index (χ2n) is 6.81. The number of benzene rings is 2. The van der Waals surface area contributed by atoms with Crippen LogP contribution in [0.15, 0.2) is 65.9 Å². The van der Waals surface area contributed by atoms with Crippen molar-refractivity contribution < 1.29 is 9.47 Å². The molecule has 3 rings (SSSR count). The van der Waals surface area contributed by atoms with Crippen LogP contribution in [0.2, 0.25) is 0 Å². The topological polar surface area (TPSA) is 72.7 Å². The number of aromatic nitrogens is 2. The molecule has 1 aromatic heterocycles. The summed E-state index contributed by atoms with van der Waals surface area (Å²) in [5.41, 5.74) is 4.39. The summed E-state index contributed by atoms with van der Waals surface area (Å²) in [7, 11) is 3.43. The van der Waals surface area contributed by atoms with Gasteiger partial charge in [0.25, 0.3) is 0 Å². The maximum atomic E-state index is 5.88. The van der Waals surface area contributed by atoms with E-state index in [9.17, 15) is 0 Å². The number of aryl methyl sites for hydroxylation is 1. The molecule has 3 aromatic rings. The quantitative estimate of drug-likeness (QED) is 0.189. The number of methoxy groups -OCH3 is 1. The lowest BCUT2D eigenvalue weighted by Gasteiger charge is -2.16. The SMILES string of the molecule is CN=C(NCc1ccc(C)cc1OCCOC)NCc1ccccc1-n1cccn1.I. The third-order valence-corrected chi connectivity index (χ3v) is 4.63. The van der Waals surface area contributed by atoms with E-state index in [-0.39, 0.29) is 24.0 Å². The lowest BCUT2D eigenvalue weighted by atomic mass is 10.1. The summed E-state index contributed by atoms with van der Waals surface area (Å²) in [5, 5.41) is 11.1. The van der Waals surface area contributed by atoms with Gasteiger partial charge in [-0.2, -0.15) is 5.10 Å². The number of ether oxygens (including phenoxy) is 2. The number of hydrogen-bond acceptors (Lipinski definition) is 4. The lowest BCUT2D eigenvalue weighted by Crippen LogP contribution is -2.36. The Bertz CT molecular complexity index is 960. The molecule has 0 unspecified atom stereocenters. The van der Waals surface area contributed by atoms with Crippen molar-refractivity contribution in [3.8, 4) is 11.4 Å². The zero-order valence-electron chi connectivity index (χ0n) is 18.2. The Balaban J connectivity index is 0.00000341. The summed E-state index contributed by atoms with van der Waals surface area (Å²) >= 11 is 0. The maximum absolute atomic E-state index is 5.88. The zero-order chi connectivity index (χ0) is 21.2. The molecule has 8 heteroatoms. The third-order valence-electron chi connectivity index (χ3n) is 4.63. The Morgan fingerprint density at radius 1 is 1.03 bits per heavy atom. The van der Waals surface area contributed by atoms with Crippen molar-refractivity contribution in [3.63, 3.8) is 0 Å². The standard InChI is InChI=1S/C23H29N5O2.HI/c1-18-9-10-20(22(15-18)30-14-13-29-3)17-26-23(24-2)25-16-19-7-4-5-8-21(19)28-12-6-11-27-28;/h4-12,15H,13-14,16-17H2,1-3H3,(H2,24,25,26);1H. The van der Waals surface area contributed by atoms with E-state index < -0.39 is 0 Å². The number of halogens is 1. The first-order valence-electron chi connectivity index (χ1n) is 9.95. The predicted molar refractivity (Wildman–Crippen MR) is 135 cm³/mol. The zero-order valence-corrected chi connectivity index (χ0v) is 20.5. The fraction of sp³-hybridized carbons (Fsp3) is 0.304. The second-order valence-corrected chi connectivity index (χ2v) is 6.81. The first kappa shape index (κ1) is 24.7. The number of para-hydroxylation sites is 1. The molecule has 31 heavy (non-hydrogen) atoms. The molecule has 0 radical (unpaired) electrons. The molecule has 0 saturated carbocycles. The molecule has 2 N–H and O–H groups in total. The number of nitrogens with one attached hydrogen (secondary N) is 2. The molecule has 1 heterocycles. The number of guanidine groups is 1. The van der Waals surface area contributed by atoms with Crippen molar-refractivity contribution in [1.29, 1.82) is 0 Å². The fourth-order valence-corrected chi connectivity index (χ4v) is 3.05. The molecule has 7 nitrogen and oxygen atoms in total. The van der Waals surface area contributed by atoms with Crippen molar-refractivity contribution in [1.82, 2.24) is 20.4 Å². The average molecular weight is 535 g/mol. The minimum atomic E-state index is 0. The van der Waals surface area contributed by atoms with Crippen LogP contribution >= 0.6 is 24.0 Å². The van der Waals surface area contributed by atoms with Crippen LogP contribution in [0.4, 0.5) is 0 Å². The molecule has 0 fully saturated rings. The van der Waals surface area contributed by atoms with E-state index >= 15 is 0 Å². The van der Waals surface area contributed by atoms with Crippen LogP contribution in [-0.4, -0.2) is 43.1 Å². The number of nitrogens with zero attached hydrogens (tertiary/aromatic N) is 3. The van der Waals surface area contributed by atoms with E-state index in [0.717, 1.165) is 28.1 Å². The molecule has 0 bridgehead atoms. The number of rotatable bonds is 9. The van der Waals surface area contributed by atoms with E-state index in [2.05, 4.69) is 51.9 Å². The predicted octanol–water partition coefficient (Wildman–Crippen LogP) is 3.69. The van der Waals surface area contributed by atoms with Gasteiger partial charge in [0, 0.05) is 45.2 Å². The Morgan fingerprint density at radius 2 is 1.81 bits per heavy atom. The Kier molecular flexibility index (Phi) is 10.3. The van der Waals surface area contributed by atoms with Gasteiger partial charge in [-0.05, 0) is 36.2 Å². The van der Waals surface area contributed by atoms with Crippen LogP contribution in [0.3, 0.4) is 0 Å². The summed E-state index contributed by atoms with van der Waals surface area (Å²) in [4.78, 5) is 4.34. The Hall–Kier alpha value is -2.59. The summed E-state index contributed by atoms with van der Waals surface area (Å²) < 4.78 is 12.8. The van der Waals surface area contributed by atoms with Crippen molar-refractivity contribution in [2.24, 2.45) is 4.99 Å². The van der Waals surface area contributed by atoms with E-state index in [1.165, 1.54) is 0 Å². The molecule has 0 aliphatic carbocycles. The van der Waals surface area contributed by atoms with Crippen LogP contribution < -0.4 is 15.4 Å². The van der Waals surface area contributed by atoms with Crippen molar-refractivity contribution in [2.45, 2.75) is 20.0 Å². The molecule has 0 spiro atoms. The van der Waals surface area contributed by atoms with Gasteiger partial charge in [-0.3, -0.25) is 4.99 Å². The summed E-state index contributed by atoms with van der Waals surface area (Å²) in [6.07, 6.45) is 3.72. The molecule has 0 aliphatic heterocycles. The molecular formula is C23H30IN5O2. The summed E-state index contributed by atoms with van der Waals surface area (Å²) in [6, 6.07) is 16.3. The van der Waals surface area contributed by atoms with Gasteiger partial charge in [0.1, 0.15) is 12.4 Å². The molecule has 0 atom stereocenters. The smallest absolute Gasteiger partial charge is 0.191 e. The largest absolute Gasteiger partial charge is 0.491 e. The minimum Gasteiger partial charge on any atom is -0.491 e. The number of aliphatic imine (C=N–C) groups is 1. The molecule has 2 aromatic carbocycles. The Morgan fingerprint density at radius 3 is 2.52 bits per heavy atom. The van der Waals surface area contributed by atoms with Gasteiger partial charge in [0.05, 0.1) is 12.3 Å². The lowest BCUT2D eigenvalue weighted by molar-refractivity contribution is 0.145. The van der Waals surface area contributed by atoms with E-state index in [1.807, 2.05) is 35.1 Å². The third kappa shape index (κ3) is 7.25. The normalized spacial score (nSPS) is 11.0. The highest BCUT2D eigenvalue weighted by atomic mass is 127.